The number of nitrogens with zero attached hydrogens (tertiary/aromatic N) is 1. The summed E-state index contributed by atoms with van der Waals surface area (Å²) in [5, 5.41) is 2.70. The number of carbonyl (C=O) groups is 2. The largest absolute Gasteiger partial charge is 0.492 e. The number of hydrogen-bond donors (Lipinski definition) is 1. The predicted octanol–water partition coefficient (Wildman–Crippen LogP) is 3.27. The molecule has 2 aromatic rings. The van der Waals surface area contributed by atoms with Gasteiger partial charge in [-0.15, -0.1) is 0 Å². The second-order valence-electron chi connectivity index (χ2n) is 6.66. The second-order valence-corrected chi connectivity index (χ2v) is 6.66. The maximum absolute atomic E-state index is 12.7. The third-order valence-electron chi connectivity index (χ3n) is 4.15. The fourth-order valence-electron chi connectivity index (χ4n) is 2.75. The molecular weight excluding hydrogens is 413 g/mol. The lowest BCUT2D eigenvalue weighted by molar-refractivity contribution is -0.144. The zero-order valence-corrected chi connectivity index (χ0v) is 17.2. The highest BCUT2D eigenvalue weighted by atomic mass is 19.4. The van der Waals surface area contributed by atoms with Gasteiger partial charge in [0, 0.05) is 6.54 Å². The van der Waals surface area contributed by atoms with Crippen LogP contribution >= 0.6 is 0 Å². The van der Waals surface area contributed by atoms with Gasteiger partial charge in [-0.25, -0.2) is 0 Å². The topological polar surface area (TPSA) is 67.9 Å². The van der Waals surface area contributed by atoms with E-state index in [0.29, 0.717) is 11.3 Å². The van der Waals surface area contributed by atoms with Crippen molar-refractivity contribution < 1.29 is 32.2 Å². The smallest absolute Gasteiger partial charge is 0.416 e. The summed E-state index contributed by atoms with van der Waals surface area (Å²) in [6.07, 6.45) is -4.43. The van der Waals surface area contributed by atoms with E-state index in [2.05, 4.69) is 5.32 Å². The lowest BCUT2D eigenvalue weighted by Crippen LogP contribution is -2.41. The number of carbonyl (C=O) groups excluding carboxylic acids is 2. The van der Waals surface area contributed by atoms with E-state index in [-0.39, 0.29) is 45.3 Å². The molecule has 2 rings (SSSR count). The zero-order chi connectivity index (χ0) is 22.7. The number of ether oxygens (including phenoxy) is 2. The zero-order valence-electron chi connectivity index (χ0n) is 17.2. The van der Waals surface area contributed by atoms with Crippen LogP contribution in [0.2, 0.25) is 0 Å². The Balaban J connectivity index is 1.89. The first-order valence-electron chi connectivity index (χ1n) is 9.76. The summed E-state index contributed by atoms with van der Waals surface area (Å²) in [6.45, 7) is 2.22. The van der Waals surface area contributed by atoms with Gasteiger partial charge in [0.1, 0.15) is 12.4 Å². The van der Waals surface area contributed by atoms with Crippen molar-refractivity contribution >= 4 is 11.9 Å². The van der Waals surface area contributed by atoms with Crippen molar-refractivity contribution in [2.45, 2.75) is 19.6 Å². The normalized spacial score (nSPS) is 11.3. The number of para-hydroxylation sites is 1. The number of hydrogen-bond acceptors (Lipinski definition) is 5. The minimum atomic E-state index is -4.43. The Morgan fingerprint density at radius 2 is 1.68 bits per heavy atom. The van der Waals surface area contributed by atoms with Crippen LogP contribution in [0.5, 0.6) is 5.75 Å². The summed E-state index contributed by atoms with van der Waals surface area (Å²) in [5.74, 6) is -0.175. The molecular formula is C22H25F3N2O4. The predicted molar refractivity (Wildman–Crippen MR) is 108 cm³/mol. The molecule has 0 heterocycles. The number of esters is 1. The maximum Gasteiger partial charge on any atom is 0.416 e. The molecule has 0 atom stereocenters. The SMILES string of the molecule is CCOC(=O)CN(CC(=O)NCCOc1ccccc1)Cc1ccc(C(F)(F)F)cc1. The Labute approximate surface area is 178 Å². The van der Waals surface area contributed by atoms with Crippen molar-refractivity contribution in [3.63, 3.8) is 0 Å². The number of amides is 1. The van der Waals surface area contributed by atoms with Gasteiger partial charge in [0.15, 0.2) is 0 Å². The summed E-state index contributed by atoms with van der Waals surface area (Å²) in [7, 11) is 0. The molecule has 9 heteroatoms. The first kappa shape index (κ1) is 24.2. The van der Waals surface area contributed by atoms with E-state index in [4.69, 9.17) is 9.47 Å². The summed E-state index contributed by atoms with van der Waals surface area (Å²) < 4.78 is 48.6. The van der Waals surface area contributed by atoms with Crippen molar-refractivity contribution in [3.05, 3.63) is 65.7 Å². The molecule has 0 bridgehead atoms. The third kappa shape index (κ3) is 9.08. The van der Waals surface area contributed by atoms with E-state index in [9.17, 15) is 22.8 Å². The highest BCUT2D eigenvalue weighted by molar-refractivity contribution is 5.79. The molecule has 0 radical (unpaired) electrons. The molecule has 0 aliphatic heterocycles. The monoisotopic (exact) mass is 438 g/mol. The lowest BCUT2D eigenvalue weighted by Gasteiger charge is -2.21. The van der Waals surface area contributed by atoms with Gasteiger partial charge in [-0.2, -0.15) is 13.2 Å². The van der Waals surface area contributed by atoms with Crippen LogP contribution in [0.25, 0.3) is 0 Å². The molecule has 1 N–H and O–H groups in total. The van der Waals surface area contributed by atoms with Crippen molar-refractivity contribution in [1.29, 1.82) is 0 Å². The molecule has 0 spiro atoms. The van der Waals surface area contributed by atoms with Crippen LogP contribution in [0.1, 0.15) is 18.1 Å². The molecule has 0 aliphatic rings. The third-order valence-corrected chi connectivity index (χ3v) is 4.15. The van der Waals surface area contributed by atoms with Crippen molar-refractivity contribution in [2.75, 3.05) is 32.8 Å². The van der Waals surface area contributed by atoms with Gasteiger partial charge < -0.3 is 14.8 Å². The Bertz CT molecular complexity index is 827. The van der Waals surface area contributed by atoms with Gasteiger partial charge in [-0.3, -0.25) is 14.5 Å². The Morgan fingerprint density at radius 1 is 1.00 bits per heavy atom. The van der Waals surface area contributed by atoms with Gasteiger partial charge in [-0.1, -0.05) is 30.3 Å². The van der Waals surface area contributed by atoms with Crippen LogP contribution in [0, 0.1) is 0 Å². The molecule has 168 valence electrons. The van der Waals surface area contributed by atoms with Gasteiger partial charge in [0.05, 0.1) is 31.8 Å². The van der Waals surface area contributed by atoms with Crippen LogP contribution in [-0.4, -0.2) is 49.6 Å². The lowest BCUT2D eigenvalue weighted by atomic mass is 10.1. The van der Waals surface area contributed by atoms with Crippen molar-refractivity contribution in [2.24, 2.45) is 0 Å². The Hall–Kier alpha value is -3.07. The quantitative estimate of drug-likeness (QED) is 0.431. The summed E-state index contributed by atoms with van der Waals surface area (Å²) >= 11 is 0. The molecule has 0 saturated heterocycles. The Morgan fingerprint density at radius 3 is 2.29 bits per heavy atom. The molecule has 31 heavy (non-hydrogen) atoms. The minimum absolute atomic E-state index is 0.116. The van der Waals surface area contributed by atoms with Gasteiger partial charge in [0.25, 0.3) is 0 Å². The average molecular weight is 438 g/mol. The van der Waals surface area contributed by atoms with Crippen LogP contribution in [0.15, 0.2) is 54.6 Å². The number of alkyl halides is 3. The van der Waals surface area contributed by atoms with Crippen LogP contribution < -0.4 is 10.1 Å². The standard InChI is InChI=1S/C22H25F3N2O4/c1-2-30-21(29)16-27(14-17-8-10-18(11-9-17)22(23,24)25)15-20(28)26-12-13-31-19-6-4-3-5-7-19/h3-11H,2,12-16H2,1H3,(H,26,28). The number of nitrogens with one attached hydrogen (secondary N) is 1. The summed E-state index contributed by atoms with van der Waals surface area (Å²) in [6, 6.07) is 13.7. The van der Waals surface area contributed by atoms with Gasteiger partial charge >= 0.3 is 12.1 Å². The summed E-state index contributed by atoms with van der Waals surface area (Å²) in [4.78, 5) is 25.6. The number of benzene rings is 2. The molecule has 0 fully saturated rings. The van der Waals surface area contributed by atoms with E-state index >= 15 is 0 Å². The highest BCUT2D eigenvalue weighted by Crippen LogP contribution is 2.29. The summed E-state index contributed by atoms with van der Waals surface area (Å²) in [5.41, 5.74) is -0.220. The van der Waals surface area contributed by atoms with E-state index < -0.39 is 17.7 Å². The van der Waals surface area contributed by atoms with Gasteiger partial charge in [0.2, 0.25) is 5.91 Å². The average Bonchev–Trinajstić information content (AvgIpc) is 2.72. The highest BCUT2D eigenvalue weighted by Gasteiger charge is 2.30. The molecule has 0 aliphatic carbocycles. The fraction of sp³-hybridized carbons (Fsp3) is 0.364. The molecule has 6 nitrogen and oxygen atoms in total. The Kier molecular flexibility index (Phi) is 9.33. The van der Waals surface area contributed by atoms with Gasteiger partial charge in [-0.05, 0) is 36.8 Å². The second kappa shape index (κ2) is 11.9. The maximum atomic E-state index is 12.7. The molecule has 2 aromatic carbocycles. The number of rotatable bonds is 11. The molecule has 0 saturated carbocycles. The first-order valence-corrected chi connectivity index (χ1v) is 9.76. The molecule has 0 unspecified atom stereocenters. The van der Waals surface area contributed by atoms with E-state index in [1.807, 2.05) is 18.2 Å². The van der Waals surface area contributed by atoms with Crippen LogP contribution in [0.3, 0.4) is 0 Å². The van der Waals surface area contributed by atoms with E-state index in [1.54, 1.807) is 19.1 Å². The van der Waals surface area contributed by atoms with E-state index in [1.165, 1.54) is 17.0 Å². The van der Waals surface area contributed by atoms with E-state index in [0.717, 1.165) is 12.1 Å². The molecule has 0 aromatic heterocycles. The minimum Gasteiger partial charge on any atom is -0.492 e. The van der Waals surface area contributed by atoms with Crippen LogP contribution in [-0.2, 0) is 27.0 Å². The number of halogens is 3. The van der Waals surface area contributed by atoms with Crippen molar-refractivity contribution in [3.8, 4) is 5.75 Å². The fourth-order valence-corrected chi connectivity index (χ4v) is 2.75. The van der Waals surface area contributed by atoms with Crippen molar-refractivity contribution in [1.82, 2.24) is 10.2 Å². The molecule has 1 amide bonds. The van der Waals surface area contributed by atoms with Crippen LogP contribution in [0.4, 0.5) is 13.2 Å². The first-order chi connectivity index (χ1) is 14.8.